The van der Waals surface area contributed by atoms with Crippen molar-refractivity contribution >= 4 is 52.8 Å². The summed E-state index contributed by atoms with van der Waals surface area (Å²) in [5.74, 6) is 0.758. The third-order valence-corrected chi connectivity index (χ3v) is 22.9. The molecule has 1 aliphatic carbocycles. The van der Waals surface area contributed by atoms with Crippen molar-refractivity contribution in [2.24, 2.45) is 0 Å². The zero-order valence-corrected chi connectivity index (χ0v) is 35.0. The van der Waals surface area contributed by atoms with Gasteiger partial charge in [0.05, 0.1) is 0 Å². The van der Waals surface area contributed by atoms with Crippen LogP contribution in [0.25, 0.3) is 72.4 Å². The summed E-state index contributed by atoms with van der Waals surface area (Å²) in [4.78, 5) is 11.3. The molecule has 59 heavy (non-hydrogen) atoms. The van der Waals surface area contributed by atoms with Gasteiger partial charge in [-0.2, -0.15) is 0 Å². The van der Waals surface area contributed by atoms with Gasteiger partial charge in [0.2, 0.25) is 0 Å². The number of hydrogen-bond acceptors (Lipinski definition) is 2. The Balaban J connectivity index is 1.18. The van der Waals surface area contributed by atoms with Gasteiger partial charge in [-0.05, 0) is 0 Å². The fraction of sp³-hybridized carbons (Fsp3) is 0.0545. The Labute approximate surface area is 346 Å². The van der Waals surface area contributed by atoms with Gasteiger partial charge in [0.25, 0.3) is 0 Å². The van der Waals surface area contributed by atoms with Crippen LogP contribution in [0.5, 0.6) is 0 Å². The number of para-hydroxylation sites is 1. The molecule has 278 valence electrons. The first-order chi connectivity index (χ1) is 29.0. The second kappa shape index (κ2) is 12.8. The van der Waals surface area contributed by atoms with Crippen LogP contribution in [-0.2, 0) is 5.41 Å². The molecule has 0 unspecified atom stereocenters. The van der Waals surface area contributed by atoms with E-state index >= 15 is 0 Å². The molecule has 3 nitrogen and oxygen atoms in total. The summed E-state index contributed by atoms with van der Waals surface area (Å²) >= 11 is -3.69. The molecule has 4 heteroatoms. The van der Waals surface area contributed by atoms with Crippen LogP contribution in [0, 0.1) is 0 Å². The van der Waals surface area contributed by atoms with E-state index in [1.807, 2.05) is 0 Å². The number of hydrogen-bond donors (Lipinski definition) is 0. The number of rotatable bonds is 5. The molecule has 8 aromatic carbocycles. The van der Waals surface area contributed by atoms with Crippen molar-refractivity contribution in [3.05, 3.63) is 211 Å². The zero-order chi connectivity index (χ0) is 39.3. The Hall–Kier alpha value is -6.82. The first kappa shape index (κ1) is 34.2. The Kier molecular flexibility index (Phi) is 7.45. The molecule has 1 aliphatic heterocycles. The maximum absolute atomic E-state index is 5.73. The van der Waals surface area contributed by atoms with E-state index in [-0.39, 0.29) is 5.41 Å². The molecule has 0 N–H and O–H groups in total. The van der Waals surface area contributed by atoms with Crippen molar-refractivity contribution in [1.29, 1.82) is 0 Å². The monoisotopic (exact) mass is 815 g/mol. The quantitative estimate of drug-likeness (QED) is 0.162. The Morgan fingerprint density at radius 3 is 1.88 bits per heavy atom. The second-order valence-electron chi connectivity index (χ2n) is 16.5. The number of benzene rings is 8. The third-order valence-electron chi connectivity index (χ3n) is 13.0. The first-order valence-corrected chi connectivity index (χ1v) is 24.7. The van der Waals surface area contributed by atoms with Crippen LogP contribution in [-0.4, -0.2) is 27.8 Å². The average molecular weight is 815 g/mol. The van der Waals surface area contributed by atoms with E-state index in [4.69, 9.17) is 9.97 Å². The molecule has 10 aromatic rings. The minimum atomic E-state index is -3.69. The van der Waals surface area contributed by atoms with Gasteiger partial charge in [0, 0.05) is 0 Å². The standard InChI is InChI=1S/C55H39GeN3/c1-55(2)46-30-15-12-27-41(46)43-33-34-44-42-28-14-17-32-48(42)59(52(44)50(43)55)40-26-18-21-37(35-40)51-49-45-29-13-16-31-47(45)56(38-22-8-4-9-23-38,39-24-10-5-11-25-39)53(49)58-54(57-51)36-19-6-3-7-20-36/h3-35H,1-2H3. The van der Waals surface area contributed by atoms with E-state index in [0.29, 0.717) is 0 Å². The van der Waals surface area contributed by atoms with E-state index in [2.05, 4.69) is 219 Å². The number of nitrogens with zero attached hydrogens (tertiary/aromatic N) is 3. The Bertz CT molecular complexity index is 3250. The van der Waals surface area contributed by atoms with Crippen LogP contribution in [0.15, 0.2) is 200 Å². The molecular formula is C55H39GeN3. The van der Waals surface area contributed by atoms with E-state index in [9.17, 15) is 0 Å². The summed E-state index contributed by atoms with van der Waals surface area (Å²) in [6, 6.07) is 73.6. The van der Waals surface area contributed by atoms with Crippen molar-refractivity contribution < 1.29 is 0 Å². The van der Waals surface area contributed by atoms with Gasteiger partial charge in [0.15, 0.2) is 0 Å². The Morgan fingerprint density at radius 1 is 0.492 bits per heavy atom. The van der Waals surface area contributed by atoms with Gasteiger partial charge in [-0.15, -0.1) is 0 Å². The second-order valence-corrected chi connectivity index (χ2v) is 24.2. The van der Waals surface area contributed by atoms with Crippen molar-refractivity contribution in [3.63, 3.8) is 0 Å². The number of aromatic nitrogens is 3. The third kappa shape index (κ3) is 4.77. The van der Waals surface area contributed by atoms with E-state index < -0.39 is 13.3 Å². The molecule has 0 saturated heterocycles. The van der Waals surface area contributed by atoms with Crippen molar-refractivity contribution in [2.75, 3.05) is 0 Å². The molecule has 0 radical (unpaired) electrons. The van der Waals surface area contributed by atoms with Gasteiger partial charge in [-0.1, -0.05) is 12.1 Å². The van der Waals surface area contributed by atoms with E-state index in [1.54, 1.807) is 0 Å². The zero-order valence-electron chi connectivity index (χ0n) is 32.9. The molecule has 0 atom stereocenters. The molecule has 0 saturated carbocycles. The van der Waals surface area contributed by atoms with Crippen molar-refractivity contribution in [3.8, 4) is 50.6 Å². The van der Waals surface area contributed by atoms with Crippen LogP contribution in [0.4, 0.5) is 0 Å². The van der Waals surface area contributed by atoms with Gasteiger partial charge in [-0.25, -0.2) is 0 Å². The molecule has 12 rings (SSSR count). The van der Waals surface area contributed by atoms with Crippen LogP contribution in [0.1, 0.15) is 25.0 Å². The van der Waals surface area contributed by atoms with Crippen LogP contribution in [0.2, 0.25) is 0 Å². The summed E-state index contributed by atoms with van der Waals surface area (Å²) in [5.41, 5.74) is 14.3. The normalized spacial score (nSPS) is 14.2. The predicted molar refractivity (Wildman–Crippen MR) is 247 cm³/mol. The summed E-state index contributed by atoms with van der Waals surface area (Å²) in [6.07, 6.45) is 0. The van der Waals surface area contributed by atoms with Gasteiger partial charge in [-0.3, -0.25) is 0 Å². The summed E-state index contributed by atoms with van der Waals surface area (Å²) in [6.45, 7) is 4.78. The predicted octanol–water partition coefficient (Wildman–Crippen LogP) is 10.6. The molecule has 2 aliphatic rings. The molecule has 0 bridgehead atoms. The van der Waals surface area contributed by atoms with Gasteiger partial charge >= 0.3 is 336 Å². The van der Waals surface area contributed by atoms with Crippen LogP contribution >= 0.6 is 0 Å². The summed E-state index contributed by atoms with van der Waals surface area (Å²) in [5, 5.41) is 2.53. The van der Waals surface area contributed by atoms with Crippen LogP contribution in [0.3, 0.4) is 0 Å². The first-order valence-electron chi connectivity index (χ1n) is 20.5. The Morgan fingerprint density at radius 2 is 1.12 bits per heavy atom. The molecule has 0 fully saturated rings. The van der Waals surface area contributed by atoms with Crippen molar-refractivity contribution in [1.82, 2.24) is 14.5 Å². The SMILES string of the molecule is CC1(C)c2ccccc2-c2ccc3c4ccccc4n(-c4cccc(-c5nc(-c6ccccc6)n[c]6c5-c5cccc[c]5[Ge]6([c]5ccccc5)[c]5ccccc5)c4)c3c21. The summed E-state index contributed by atoms with van der Waals surface area (Å²) < 4.78 is 7.84. The van der Waals surface area contributed by atoms with E-state index in [0.717, 1.165) is 33.9 Å². The summed E-state index contributed by atoms with van der Waals surface area (Å²) in [7, 11) is 0. The maximum atomic E-state index is 5.73. The van der Waals surface area contributed by atoms with E-state index in [1.165, 1.54) is 67.3 Å². The molecular weight excluding hydrogens is 775 g/mol. The fourth-order valence-electron chi connectivity index (χ4n) is 10.6. The molecule has 2 aromatic heterocycles. The van der Waals surface area contributed by atoms with Gasteiger partial charge in [0.1, 0.15) is 0 Å². The molecule has 0 spiro atoms. The minimum absolute atomic E-state index is 0.179. The van der Waals surface area contributed by atoms with Crippen molar-refractivity contribution in [2.45, 2.75) is 19.3 Å². The topological polar surface area (TPSA) is 30.7 Å². The molecule has 3 heterocycles. The number of fused-ring (bicyclic) bond motifs is 10. The molecule has 0 amide bonds. The average Bonchev–Trinajstić information content (AvgIpc) is 3.88. The fourth-order valence-corrected chi connectivity index (χ4v) is 21.1. The van der Waals surface area contributed by atoms with Crippen LogP contribution < -0.4 is 17.7 Å². The van der Waals surface area contributed by atoms with Gasteiger partial charge < -0.3 is 0 Å².